The molecule has 1 heterocycles. The average Bonchev–Trinajstić information content (AvgIpc) is 3.58. The van der Waals surface area contributed by atoms with Crippen molar-refractivity contribution in [1.29, 1.82) is 0 Å². The van der Waals surface area contributed by atoms with Gasteiger partial charge < -0.3 is 19.4 Å². The van der Waals surface area contributed by atoms with Crippen LogP contribution >= 0.6 is 0 Å². The summed E-state index contributed by atoms with van der Waals surface area (Å²) in [5, 5.41) is 2.90. The maximum Gasteiger partial charge on any atom is 0.227 e. The number of hydrogen-bond acceptors (Lipinski definition) is 5. The summed E-state index contributed by atoms with van der Waals surface area (Å²) >= 11 is 0. The molecule has 0 bridgehead atoms. The Morgan fingerprint density at radius 3 is 2.65 bits per heavy atom. The second-order valence-electron chi connectivity index (χ2n) is 9.03. The smallest absolute Gasteiger partial charge is 0.227 e. The Kier molecular flexibility index (Phi) is 5.97. The lowest BCUT2D eigenvalue weighted by Crippen LogP contribution is -2.23. The molecule has 3 aromatic carbocycles. The molecule has 6 heteroatoms. The second-order valence-corrected chi connectivity index (χ2v) is 9.03. The van der Waals surface area contributed by atoms with Crippen LogP contribution in [-0.2, 0) is 4.79 Å². The molecule has 1 saturated carbocycles. The highest BCUT2D eigenvalue weighted by Gasteiger charge is 2.22. The predicted octanol–water partition coefficient (Wildman–Crippen LogP) is 6.25. The van der Waals surface area contributed by atoms with Crippen molar-refractivity contribution in [2.75, 3.05) is 18.6 Å². The largest absolute Gasteiger partial charge is 0.493 e. The van der Waals surface area contributed by atoms with Crippen LogP contribution < -0.4 is 15.0 Å². The Labute approximate surface area is 199 Å². The molecular weight excluding hydrogens is 426 g/mol. The van der Waals surface area contributed by atoms with Crippen LogP contribution in [0.15, 0.2) is 71.1 Å². The van der Waals surface area contributed by atoms with E-state index < -0.39 is 0 Å². The van der Waals surface area contributed by atoms with Crippen molar-refractivity contribution < 1.29 is 13.9 Å². The quantitative estimate of drug-likeness (QED) is 0.340. The zero-order chi connectivity index (χ0) is 23.7. The van der Waals surface area contributed by atoms with Gasteiger partial charge in [-0.2, -0.15) is 0 Å². The number of amides is 1. The first kappa shape index (κ1) is 22.0. The lowest BCUT2D eigenvalue weighted by molar-refractivity contribution is -0.119. The van der Waals surface area contributed by atoms with Gasteiger partial charge in [-0.3, -0.25) is 4.79 Å². The van der Waals surface area contributed by atoms with E-state index >= 15 is 0 Å². The van der Waals surface area contributed by atoms with Crippen LogP contribution in [0.2, 0.25) is 0 Å². The van der Waals surface area contributed by atoms with Gasteiger partial charge in [0.15, 0.2) is 5.58 Å². The number of benzene rings is 3. The summed E-state index contributed by atoms with van der Waals surface area (Å²) in [6.07, 6.45) is 2.56. The monoisotopic (exact) mass is 455 g/mol. The van der Waals surface area contributed by atoms with Crippen LogP contribution in [0.25, 0.3) is 22.6 Å². The van der Waals surface area contributed by atoms with E-state index in [0.717, 1.165) is 46.3 Å². The molecule has 1 N–H and O–H groups in total. The van der Waals surface area contributed by atoms with Crippen LogP contribution in [0.5, 0.6) is 5.75 Å². The summed E-state index contributed by atoms with van der Waals surface area (Å²) in [7, 11) is 2.05. The summed E-state index contributed by atoms with van der Waals surface area (Å²) in [6.45, 7) is 4.27. The first-order valence-electron chi connectivity index (χ1n) is 11.7. The van der Waals surface area contributed by atoms with Crippen LogP contribution in [0, 0.1) is 5.92 Å². The highest BCUT2D eigenvalue weighted by Crippen LogP contribution is 2.32. The van der Waals surface area contributed by atoms with Crippen LogP contribution in [0.1, 0.15) is 38.3 Å². The molecule has 1 unspecified atom stereocenters. The molecule has 1 aliphatic carbocycles. The maximum atomic E-state index is 11.4. The summed E-state index contributed by atoms with van der Waals surface area (Å²) in [6, 6.07) is 22.1. The van der Waals surface area contributed by atoms with Crippen molar-refractivity contribution in [3.05, 3.63) is 72.3 Å². The second kappa shape index (κ2) is 9.21. The zero-order valence-electron chi connectivity index (χ0n) is 19.7. The summed E-state index contributed by atoms with van der Waals surface area (Å²) in [5.74, 6) is 2.15. The van der Waals surface area contributed by atoms with Gasteiger partial charge in [0, 0.05) is 37.0 Å². The van der Waals surface area contributed by atoms with Gasteiger partial charge in [-0.1, -0.05) is 12.1 Å². The Hall–Kier alpha value is -3.80. The van der Waals surface area contributed by atoms with Gasteiger partial charge in [0.25, 0.3) is 0 Å². The predicted molar refractivity (Wildman–Crippen MR) is 134 cm³/mol. The molecule has 0 spiro atoms. The maximum absolute atomic E-state index is 11.4. The van der Waals surface area contributed by atoms with Crippen molar-refractivity contribution in [3.63, 3.8) is 0 Å². The Bertz CT molecular complexity index is 1310. The number of anilines is 2. The fourth-order valence-electron chi connectivity index (χ4n) is 3.98. The van der Waals surface area contributed by atoms with Gasteiger partial charge in [-0.15, -0.1) is 0 Å². The van der Waals surface area contributed by atoms with E-state index in [2.05, 4.69) is 39.5 Å². The van der Waals surface area contributed by atoms with E-state index in [-0.39, 0.29) is 11.9 Å². The van der Waals surface area contributed by atoms with Gasteiger partial charge in [0.2, 0.25) is 11.8 Å². The minimum Gasteiger partial charge on any atom is -0.493 e. The molecule has 0 saturated heterocycles. The van der Waals surface area contributed by atoms with Gasteiger partial charge in [0.1, 0.15) is 11.3 Å². The van der Waals surface area contributed by atoms with Crippen molar-refractivity contribution in [2.45, 2.75) is 32.7 Å². The van der Waals surface area contributed by atoms with E-state index in [9.17, 15) is 4.79 Å². The molecule has 1 aliphatic rings. The third-order valence-electron chi connectivity index (χ3n) is 6.22. The van der Waals surface area contributed by atoms with Crippen molar-refractivity contribution in [3.8, 4) is 17.2 Å². The molecule has 1 amide bonds. The average molecular weight is 456 g/mol. The molecule has 1 aromatic heterocycles. The van der Waals surface area contributed by atoms with E-state index in [1.54, 1.807) is 0 Å². The fraction of sp³-hybridized carbons (Fsp3) is 0.286. The molecule has 4 aromatic rings. The van der Waals surface area contributed by atoms with Crippen molar-refractivity contribution in [1.82, 2.24) is 10.3 Å². The molecule has 174 valence electrons. The minimum atomic E-state index is -0.0946. The van der Waals surface area contributed by atoms with Gasteiger partial charge in [-0.25, -0.2) is 4.98 Å². The molecule has 5 rings (SSSR count). The number of carbonyl (C=O) groups excluding carboxylic acids is 1. The lowest BCUT2D eigenvalue weighted by Gasteiger charge is -2.20. The number of carbonyl (C=O) groups is 1. The van der Waals surface area contributed by atoms with E-state index in [0.29, 0.717) is 11.5 Å². The molecule has 1 fully saturated rings. The Morgan fingerprint density at radius 2 is 1.91 bits per heavy atom. The number of hydrogen-bond donors (Lipinski definition) is 1. The first-order valence-corrected chi connectivity index (χ1v) is 11.7. The first-order chi connectivity index (χ1) is 16.5. The van der Waals surface area contributed by atoms with Crippen molar-refractivity contribution in [2.24, 2.45) is 5.92 Å². The number of rotatable bonds is 8. The minimum absolute atomic E-state index is 0.0616. The van der Waals surface area contributed by atoms with E-state index in [1.807, 2.05) is 56.4 Å². The topological polar surface area (TPSA) is 67.6 Å². The van der Waals surface area contributed by atoms with E-state index in [1.165, 1.54) is 19.8 Å². The molecular formula is C28H29N3O3. The highest BCUT2D eigenvalue weighted by molar-refractivity contribution is 5.78. The molecule has 1 atom stereocenters. The van der Waals surface area contributed by atoms with Crippen LogP contribution in [0.3, 0.4) is 0 Å². The lowest BCUT2D eigenvalue weighted by atomic mass is 10.1. The number of aromatic nitrogens is 1. The summed E-state index contributed by atoms with van der Waals surface area (Å²) in [5.41, 5.74) is 5.51. The Morgan fingerprint density at radius 1 is 1.12 bits per heavy atom. The summed E-state index contributed by atoms with van der Waals surface area (Å²) in [4.78, 5) is 18.1. The third kappa shape index (κ3) is 4.91. The highest BCUT2D eigenvalue weighted by atomic mass is 16.5. The number of nitrogens with one attached hydrogen (secondary N) is 1. The van der Waals surface area contributed by atoms with Crippen LogP contribution in [0.4, 0.5) is 11.4 Å². The summed E-state index contributed by atoms with van der Waals surface area (Å²) < 4.78 is 12.0. The zero-order valence-corrected chi connectivity index (χ0v) is 19.7. The van der Waals surface area contributed by atoms with E-state index in [4.69, 9.17) is 9.15 Å². The number of fused-ring (bicyclic) bond motifs is 1. The van der Waals surface area contributed by atoms with Crippen LogP contribution in [-0.4, -0.2) is 24.5 Å². The molecule has 34 heavy (non-hydrogen) atoms. The van der Waals surface area contributed by atoms with Gasteiger partial charge in [0.05, 0.1) is 12.6 Å². The number of ether oxygens (including phenoxy) is 1. The van der Waals surface area contributed by atoms with Gasteiger partial charge >= 0.3 is 0 Å². The normalized spacial score (nSPS) is 14.1. The van der Waals surface area contributed by atoms with Crippen molar-refractivity contribution >= 4 is 28.4 Å². The number of oxazole rings is 1. The third-order valence-corrected chi connectivity index (χ3v) is 6.22. The molecule has 6 nitrogen and oxygen atoms in total. The molecule has 0 aliphatic heterocycles. The fourth-order valence-corrected chi connectivity index (χ4v) is 3.98. The standard InChI is InChI=1S/C28H29N3O3/c1-18(29-19(2)32)22-11-14-26-27(15-22)34-28(30-26)21-9-12-23(13-10-21)31(3)24-5-4-6-25(16-24)33-17-20-7-8-20/h4-6,9-16,18,20H,7-8,17H2,1-3H3,(H,29,32). The molecule has 0 radical (unpaired) electrons. The van der Waals surface area contributed by atoms with Gasteiger partial charge in [-0.05, 0) is 79.8 Å². The Balaban J connectivity index is 1.32. The number of nitrogens with zero attached hydrogens (tertiary/aromatic N) is 2. The SMILES string of the molecule is CC(=O)NC(C)c1ccc2nc(-c3ccc(N(C)c4cccc(OCC5CC5)c4)cc3)oc2c1.